The summed E-state index contributed by atoms with van der Waals surface area (Å²) in [6.07, 6.45) is 9.55. The van der Waals surface area contributed by atoms with E-state index in [1.807, 2.05) is 30.9 Å². The van der Waals surface area contributed by atoms with Crippen molar-refractivity contribution in [1.29, 1.82) is 0 Å². The summed E-state index contributed by atoms with van der Waals surface area (Å²) in [5.74, 6) is -1.18. The highest BCUT2D eigenvalue weighted by molar-refractivity contribution is 5.65. The van der Waals surface area contributed by atoms with Crippen LogP contribution in [0.15, 0.2) is 42.7 Å². The number of methoxy groups -OCH3 is 1. The van der Waals surface area contributed by atoms with Crippen LogP contribution < -0.4 is 5.11 Å². The maximum absolute atomic E-state index is 9.36. The second kappa shape index (κ2) is 8.43. The average molecular weight is 238 g/mol. The number of ether oxygens (including phenoxy) is 1. The Labute approximate surface area is 102 Å². The fourth-order valence-electron chi connectivity index (χ4n) is 1.27. The molecule has 0 bridgehead atoms. The van der Waals surface area contributed by atoms with E-state index in [4.69, 9.17) is 0 Å². The van der Waals surface area contributed by atoms with Crippen LogP contribution in [0.25, 0.3) is 0 Å². The van der Waals surface area contributed by atoms with Crippen LogP contribution in [0, 0.1) is 0 Å². The SMILES string of the molecule is C=CC[N+]1(CC=C)C=CN=C1.COCC(=O)[O-]. The number of quaternary nitrogens is 1. The number of carbonyl (C=O) groups is 1. The molecular formula is C12H18N2O3. The van der Waals surface area contributed by atoms with Gasteiger partial charge >= 0.3 is 0 Å². The molecule has 0 saturated carbocycles. The topological polar surface area (TPSA) is 61.7 Å². The van der Waals surface area contributed by atoms with Crippen LogP contribution in [-0.4, -0.2) is 43.6 Å². The molecule has 0 spiro atoms. The van der Waals surface area contributed by atoms with Crippen LogP contribution in [-0.2, 0) is 9.53 Å². The van der Waals surface area contributed by atoms with E-state index in [1.165, 1.54) is 7.11 Å². The molecule has 0 radical (unpaired) electrons. The highest BCUT2D eigenvalue weighted by atomic mass is 16.5. The maximum Gasteiger partial charge on any atom is 0.195 e. The predicted octanol–water partition coefficient (Wildman–Crippen LogP) is 0.0710. The van der Waals surface area contributed by atoms with Gasteiger partial charge in [-0.3, -0.25) is 0 Å². The number of carbonyl (C=O) groups excluding carboxylic acids is 1. The molecule has 17 heavy (non-hydrogen) atoms. The lowest BCUT2D eigenvalue weighted by atomic mass is 10.4. The molecular weight excluding hydrogens is 220 g/mol. The molecule has 0 N–H and O–H groups in total. The second-order valence-corrected chi connectivity index (χ2v) is 3.41. The van der Waals surface area contributed by atoms with Gasteiger partial charge < -0.3 is 14.6 Å². The van der Waals surface area contributed by atoms with Gasteiger partial charge in [0.1, 0.15) is 19.3 Å². The monoisotopic (exact) mass is 238 g/mol. The first-order valence-corrected chi connectivity index (χ1v) is 5.09. The molecule has 0 aliphatic carbocycles. The lowest BCUT2D eigenvalue weighted by Crippen LogP contribution is -2.39. The van der Waals surface area contributed by atoms with Crippen molar-refractivity contribution in [3.05, 3.63) is 37.7 Å². The Hall–Kier alpha value is -1.72. The number of nitrogens with zero attached hydrogens (tertiary/aromatic N) is 2. The molecule has 0 atom stereocenters. The minimum atomic E-state index is -1.18. The zero-order chi connectivity index (χ0) is 13.1. The number of aliphatic imine (C=N–C) groups is 1. The predicted molar refractivity (Wildman–Crippen MR) is 64.9 cm³/mol. The van der Waals surface area contributed by atoms with E-state index < -0.39 is 5.97 Å². The minimum Gasteiger partial charge on any atom is -0.548 e. The highest BCUT2D eigenvalue weighted by Crippen LogP contribution is 2.10. The van der Waals surface area contributed by atoms with Crippen molar-refractivity contribution < 1.29 is 19.1 Å². The molecule has 1 heterocycles. The summed E-state index contributed by atoms with van der Waals surface area (Å²) in [4.78, 5) is 13.4. The van der Waals surface area contributed by atoms with E-state index in [9.17, 15) is 9.90 Å². The largest absolute Gasteiger partial charge is 0.548 e. The van der Waals surface area contributed by atoms with E-state index in [0.29, 0.717) is 0 Å². The summed E-state index contributed by atoms with van der Waals surface area (Å²) < 4.78 is 4.87. The van der Waals surface area contributed by atoms with Gasteiger partial charge in [0, 0.05) is 7.11 Å². The van der Waals surface area contributed by atoms with Crippen molar-refractivity contribution in [2.24, 2.45) is 4.99 Å². The van der Waals surface area contributed by atoms with Gasteiger partial charge in [0.2, 0.25) is 0 Å². The van der Waals surface area contributed by atoms with Gasteiger partial charge in [-0.2, -0.15) is 0 Å². The number of carboxylic acid groups (broad SMARTS) is 1. The third-order valence-electron chi connectivity index (χ3n) is 1.95. The molecule has 5 heteroatoms. The number of hydrogen-bond acceptors (Lipinski definition) is 4. The van der Waals surface area contributed by atoms with E-state index >= 15 is 0 Å². The highest BCUT2D eigenvalue weighted by Gasteiger charge is 2.21. The molecule has 0 aromatic carbocycles. The van der Waals surface area contributed by atoms with Gasteiger partial charge in [0.25, 0.3) is 0 Å². The van der Waals surface area contributed by atoms with Gasteiger partial charge in [-0.15, -0.1) is 0 Å². The first kappa shape index (κ1) is 15.3. The zero-order valence-electron chi connectivity index (χ0n) is 10.0. The van der Waals surface area contributed by atoms with Crippen LogP contribution >= 0.6 is 0 Å². The van der Waals surface area contributed by atoms with E-state index in [0.717, 1.165) is 17.6 Å². The second-order valence-electron chi connectivity index (χ2n) is 3.41. The number of aliphatic carboxylic acids is 1. The van der Waals surface area contributed by atoms with E-state index in [2.05, 4.69) is 22.9 Å². The summed E-state index contributed by atoms with van der Waals surface area (Å²) in [5.41, 5.74) is 0. The van der Waals surface area contributed by atoms with Crippen molar-refractivity contribution in [3.8, 4) is 0 Å². The number of carboxylic acids is 1. The first-order chi connectivity index (χ1) is 8.10. The fourth-order valence-corrected chi connectivity index (χ4v) is 1.27. The molecule has 0 unspecified atom stereocenters. The Morgan fingerprint density at radius 3 is 2.29 bits per heavy atom. The summed E-state index contributed by atoms with van der Waals surface area (Å²) in [5, 5.41) is 9.36. The fraction of sp³-hybridized carbons (Fsp3) is 0.333. The molecule has 0 fully saturated rings. The molecule has 0 aromatic rings. The van der Waals surface area contributed by atoms with Gasteiger partial charge in [-0.05, 0) is 12.2 Å². The molecule has 1 aliphatic heterocycles. The van der Waals surface area contributed by atoms with Gasteiger partial charge in [-0.1, -0.05) is 13.2 Å². The van der Waals surface area contributed by atoms with Crippen LogP contribution in [0.3, 0.4) is 0 Å². The van der Waals surface area contributed by atoms with E-state index in [1.54, 1.807) is 0 Å². The molecule has 0 aromatic heterocycles. The minimum absolute atomic E-state index is 0.319. The molecule has 94 valence electrons. The molecule has 5 nitrogen and oxygen atoms in total. The molecule has 1 rings (SSSR count). The van der Waals surface area contributed by atoms with Crippen LogP contribution in [0.2, 0.25) is 0 Å². The number of hydrogen-bond donors (Lipinski definition) is 0. The summed E-state index contributed by atoms with van der Waals surface area (Å²) in [7, 11) is 1.30. The Kier molecular flexibility index (Phi) is 7.58. The summed E-state index contributed by atoms with van der Waals surface area (Å²) in [6, 6.07) is 0. The van der Waals surface area contributed by atoms with Gasteiger partial charge in [0.15, 0.2) is 6.34 Å². The first-order valence-electron chi connectivity index (χ1n) is 5.09. The lowest BCUT2D eigenvalue weighted by Gasteiger charge is -2.23. The van der Waals surface area contributed by atoms with Crippen LogP contribution in [0.5, 0.6) is 0 Å². The van der Waals surface area contributed by atoms with Crippen molar-refractivity contribution in [2.75, 3.05) is 26.8 Å². The lowest BCUT2D eigenvalue weighted by molar-refractivity contribution is -0.765. The molecule has 0 amide bonds. The van der Waals surface area contributed by atoms with Crippen molar-refractivity contribution in [3.63, 3.8) is 0 Å². The van der Waals surface area contributed by atoms with Crippen LogP contribution in [0.4, 0.5) is 0 Å². The zero-order valence-corrected chi connectivity index (χ0v) is 10.0. The third kappa shape index (κ3) is 6.44. The smallest absolute Gasteiger partial charge is 0.195 e. The number of rotatable bonds is 6. The van der Waals surface area contributed by atoms with Crippen molar-refractivity contribution in [2.45, 2.75) is 0 Å². The standard InChI is InChI=1S/C9H13N2.C3H6O3/c1-3-6-11(7-4-2)8-5-10-9-11;1-6-2-3(4)5/h3-5,8-9H,1-2,6-7H2;2H2,1H3,(H,4,5)/q+1;/p-1. The van der Waals surface area contributed by atoms with E-state index in [-0.39, 0.29) is 6.61 Å². The summed E-state index contributed by atoms with van der Waals surface area (Å²) in [6.45, 7) is 8.85. The Balaban J connectivity index is 0.000000366. The Bertz CT molecular complexity index is 298. The quantitative estimate of drug-likeness (QED) is 0.486. The average Bonchev–Trinajstić information content (AvgIpc) is 2.68. The maximum atomic E-state index is 9.36. The molecule has 0 saturated heterocycles. The Morgan fingerprint density at radius 2 is 2.06 bits per heavy atom. The third-order valence-corrected chi connectivity index (χ3v) is 1.95. The normalized spacial score (nSPS) is 14.9. The van der Waals surface area contributed by atoms with Gasteiger partial charge in [0.05, 0.1) is 18.8 Å². The Morgan fingerprint density at radius 1 is 1.47 bits per heavy atom. The van der Waals surface area contributed by atoms with Crippen molar-refractivity contribution >= 4 is 12.3 Å². The van der Waals surface area contributed by atoms with Gasteiger partial charge in [-0.25, -0.2) is 9.48 Å². The van der Waals surface area contributed by atoms with Crippen LogP contribution in [0.1, 0.15) is 0 Å². The van der Waals surface area contributed by atoms with Crippen molar-refractivity contribution in [1.82, 2.24) is 0 Å². The summed E-state index contributed by atoms with van der Waals surface area (Å²) >= 11 is 0. The molecule has 1 aliphatic rings.